The Morgan fingerprint density at radius 3 is 1.98 bits per heavy atom. The number of hydrogen-bond donors (Lipinski definition) is 2. The van der Waals surface area contributed by atoms with Gasteiger partial charge in [-0.3, -0.25) is 19.2 Å². The lowest BCUT2D eigenvalue weighted by Crippen LogP contribution is -2.57. The molecule has 7 atom stereocenters. The first-order valence-electron chi connectivity index (χ1n) is 14.5. The molecule has 228 valence electrons. The molecule has 1 aliphatic rings. The summed E-state index contributed by atoms with van der Waals surface area (Å²) in [6.07, 6.45) is -1.74. The molecule has 2 N–H and O–H groups in total. The van der Waals surface area contributed by atoms with E-state index in [4.69, 9.17) is 9.47 Å². The molecule has 0 bridgehead atoms. The van der Waals surface area contributed by atoms with Crippen molar-refractivity contribution in [3.8, 4) is 0 Å². The second-order valence-corrected chi connectivity index (χ2v) is 11.8. The topological polar surface area (TPSA) is 131 Å². The number of hydrogen-bond acceptors (Lipinski definition) is 7. The SMILES string of the molecule is CC[C@H](C)[C@@H]1NC(=O)C(Cc2ccccc2)OC(=O)C(C(C)C)N(C)C(=O)C(C(C)C)OC(=O)[C@H](C)[C@@H](C)NC1=O. The number of esters is 2. The van der Waals surface area contributed by atoms with Crippen LogP contribution >= 0.6 is 0 Å². The third-order valence-corrected chi connectivity index (χ3v) is 7.83. The summed E-state index contributed by atoms with van der Waals surface area (Å²) in [4.78, 5) is 68.7. The zero-order valence-corrected chi connectivity index (χ0v) is 25.8. The molecule has 10 nitrogen and oxygen atoms in total. The van der Waals surface area contributed by atoms with E-state index in [1.54, 1.807) is 41.5 Å². The third kappa shape index (κ3) is 8.78. The van der Waals surface area contributed by atoms with Crippen molar-refractivity contribution < 1.29 is 33.4 Å². The first-order valence-corrected chi connectivity index (χ1v) is 14.5. The molecule has 1 fully saturated rings. The normalized spacial score (nSPS) is 28.2. The quantitative estimate of drug-likeness (QED) is 0.501. The lowest BCUT2D eigenvalue weighted by molar-refractivity contribution is -0.173. The van der Waals surface area contributed by atoms with Crippen molar-refractivity contribution in [2.24, 2.45) is 23.7 Å². The van der Waals surface area contributed by atoms with Gasteiger partial charge >= 0.3 is 11.9 Å². The minimum atomic E-state index is -1.25. The van der Waals surface area contributed by atoms with Crippen LogP contribution in [0.3, 0.4) is 0 Å². The second-order valence-electron chi connectivity index (χ2n) is 11.8. The molecule has 1 aromatic rings. The Hall–Kier alpha value is -3.43. The van der Waals surface area contributed by atoms with Crippen LogP contribution in [0.1, 0.15) is 67.4 Å². The van der Waals surface area contributed by atoms with Crippen molar-refractivity contribution in [3.63, 3.8) is 0 Å². The molecule has 0 radical (unpaired) electrons. The molecule has 41 heavy (non-hydrogen) atoms. The lowest BCUT2D eigenvalue weighted by atomic mass is 9.95. The van der Waals surface area contributed by atoms with Gasteiger partial charge in [0, 0.05) is 19.5 Å². The Balaban J connectivity index is 2.61. The zero-order valence-electron chi connectivity index (χ0n) is 25.8. The number of nitrogens with one attached hydrogen (secondary N) is 2. The fourth-order valence-electron chi connectivity index (χ4n) is 4.74. The van der Waals surface area contributed by atoms with Crippen molar-refractivity contribution in [1.82, 2.24) is 15.5 Å². The monoisotopic (exact) mass is 573 g/mol. The largest absolute Gasteiger partial charge is 0.452 e. The van der Waals surface area contributed by atoms with Gasteiger partial charge in [0.05, 0.1) is 5.92 Å². The summed E-state index contributed by atoms with van der Waals surface area (Å²) in [7, 11) is 1.47. The number of benzene rings is 1. The molecule has 2 rings (SSSR count). The Kier molecular flexibility index (Phi) is 12.3. The molecule has 3 unspecified atom stereocenters. The van der Waals surface area contributed by atoms with Crippen LogP contribution < -0.4 is 10.6 Å². The van der Waals surface area contributed by atoms with E-state index < -0.39 is 65.9 Å². The molecule has 1 aliphatic heterocycles. The van der Waals surface area contributed by atoms with Gasteiger partial charge in [0.1, 0.15) is 12.1 Å². The van der Waals surface area contributed by atoms with Gasteiger partial charge in [-0.1, -0.05) is 78.3 Å². The van der Waals surface area contributed by atoms with Crippen molar-refractivity contribution in [3.05, 3.63) is 35.9 Å². The summed E-state index contributed by atoms with van der Waals surface area (Å²) in [6.45, 7) is 14.1. The van der Waals surface area contributed by atoms with E-state index in [1.807, 2.05) is 44.2 Å². The van der Waals surface area contributed by atoms with Crippen molar-refractivity contribution in [1.29, 1.82) is 0 Å². The first-order chi connectivity index (χ1) is 19.2. The van der Waals surface area contributed by atoms with Crippen LogP contribution in [0.2, 0.25) is 0 Å². The highest BCUT2D eigenvalue weighted by molar-refractivity contribution is 5.93. The molecule has 1 aromatic carbocycles. The fraction of sp³-hybridized carbons (Fsp3) is 0.645. The maximum Gasteiger partial charge on any atom is 0.329 e. The summed E-state index contributed by atoms with van der Waals surface area (Å²) < 4.78 is 11.5. The van der Waals surface area contributed by atoms with E-state index in [2.05, 4.69) is 10.6 Å². The fourth-order valence-corrected chi connectivity index (χ4v) is 4.74. The van der Waals surface area contributed by atoms with Crippen LogP contribution in [0.15, 0.2) is 30.3 Å². The predicted molar refractivity (Wildman–Crippen MR) is 154 cm³/mol. The van der Waals surface area contributed by atoms with Crippen molar-refractivity contribution in [2.45, 2.75) is 98.6 Å². The van der Waals surface area contributed by atoms with Gasteiger partial charge in [-0.2, -0.15) is 0 Å². The Labute approximate surface area is 243 Å². The van der Waals surface area contributed by atoms with Crippen LogP contribution in [-0.2, 0) is 39.9 Å². The van der Waals surface area contributed by atoms with Gasteiger partial charge < -0.3 is 25.0 Å². The number of carbonyl (C=O) groups excluding carboxylic acids is 5. The molecule has 1 saturated heterocycles. The maximum atomic E-state index is 13.7. The summed E-state index contributed by atoms with van der Waals surface area (Å²) >= 11 is 0. The van der Waals surface area contributed by atoms with Crippen LogP contribution in [-0.4, -0.2) is 71.9 Å². The van der Waals surface area contributed by atoms with E-state index in [0.29, 0.717) is 6.42 Å². The molecular formula is C31H47N3O7. The van der Waals surface area contributed by atoms with Gasteiger partial charge in [-0.25, -0.2) is 4.79 Å². The third-order valence-electron chi connectivity index (χ3n) is 7.83. The average molecular weight is 574 g/mol. The van der Waals surface area contributed by atoms with Gasteiger partial charge in [0.15, 0.2) is 12.2 Å². The molecule has 10 heteroatoms. The minimum Gasteiger partial charge on any atom is -0.452 e. The molecule has 0 aliphatic carbocycles. The van der Waals surface area contributed by atoms with Gasteiger partial charge in [0.25, 0.3) is 11.8 Å². The number of rotatable bonds is 6. The van der Waals surface area contributed by atoms with E-state index in [1.165, 1.54) is 11.9 Å². The maximum absolute atomic E-state index is 13.7. The second kappa shape index (κ2) is 15.0. The van der Waals surface area contributed by atoms with Crippen LogP contribution in [0.25, 0.3) is 0 Å². The summed E-state index contributed by atoms with van der Waals surface area (Å²) in [5.74, 6) is -4.85. The number of amides is 3. The van der Waals surface area contributed by atoms with Gasteiger partial charge in [-0.05, 0) is 37.2 Å². The van der Waals surface area contributed by atoms with Crippen molar-refractivity contribution >= 4 is 29.7 Å². The first kappa shape index (κ1) is 33.8. The van der Waals surface area contributed by atoms with Crippen LogP contribution in [0, 0.1) is 23.7 Å². The number of likely N-dealkylation sites (N-methyl/N-ethyl adjacent to an activating group) is 1. The van der Waals surface area contributed by atoms with E-state index >= 15 is 0 Å². The molecule has 0 saturated carbocycles. The zero-order chi connectivity index (χ0) is 31.0. The molecule has 0 aromatic heterocycles. The molecule has 3 amide bonds. The average Bonchev–Trinajstić information content (AvgIpc) is 2.92. The highest BCUT2D eigenvalue weighted by atomic mass is 16.6. The Morgan fingerprint density at radius 1 is 0.829 bits per heavy atom. The molecule has 1 heterocycles. The standard InChI is InChI=1S/C31H47N3O7/c1-10-19(6)24-28(36)32-21(8)20(7)30(38)41-26(18(4)5)29(37)34(9)25(17(2)3)31(39)40-23(27(35)33-24)16-22-14-12-11-13-15-22/h11-15,17-21,23-26H,10,16H2,1-9H3,(H,32,36)(H,33,35)/t19-,20+,21+,23?,24-,25?,26?/m0/s1. The number of nitrogens with zero attached hydrogens (tertiary/aromatic N) is 1. The predicted octanol–water partition coefficient (Wildman–Crippen LogP) is 2.88. The summed E-state index contributed by atoms with van der Waals surface area (Å²) in [6, 6.07) is 6.49. The highest BCUT2D eigenvalue weighted by Gasteiger charge is 2.41. The van der Waals surface area contributed by atoms with Crippen LogP contribution in [0.5, 0.6) is 0 Å². The van der Waals surface area contributed by atoms with E-state index in [0.717, 1.165) is 5.56 Å². The minimum absolute atomic E-state index is 0.0788. The lowest BCUT2D eigenvalue weighted by Gasteiger charge is -2.35. The van der Waals surface area contributed by atoms with Crippen molar-refractivity contribution in [2.75, 3.05) is 7.05 Å². The summed E-state index contributed by atoms with van der Waals surface area (Å²) in [5.41, 5.74) is 0.763. The van der Waals surface area contributed by atoms with Gasteiger partial charge in [0.2, 0.25) is 5.91 Å². The molecule has 0 spiro atoms. The number of ether oxygens (including phenoxy) is 2. The Morgan fingerprint density at radius 2 is 1.44 bits per heavy atom. The summed E-state index contributed by atoms with van der Waals surface area (Å²) in [5, 5.41) is 5.63. The number of cyclic esters (lactones) is 2. The number of carbonyl (C=O) groups is 5. The van der Waals surface area contributed by atoms with E-state index in [9.17, 15) is 24.0 Å². The van der Waals surface area contributed by atoms with E-state index in [-0.39, 0.29) is 24.2 Å². The van der Waals surface area contributed by atoms with Crippen LogP contribution in [0.4, 0.5) is 0 Å². The highest BCUT2D eigenvalue weighted by Crippen LogP contribution is 2.21. The van der Waals surface area contributed by atoms with Gasteiger partial charge in [-0.15, -0.1) is 0 Å². The Bertz CT molecular complexity index is 1070. The molecular weight excluding hydrogens is 526 g/mol. The smallest absolute Gasteiger partial charge is 0.329 e.